The fraction of sp³-hybridized carbons (Fsp3) is 0.235. The minimum absolute atomic E-state index is 0.113. The van der Waals surface area contributed by atoms with Crippen molar-refractivity contribution in [3.05, 3.63) is 47.1 Å². The predicted octanol–water partition coefficient (Wildman–Crippen LogP) is 4.69. The summed E-state index contributed by atoms with van der Waals surface area (Å²) in [6, 6.07) is 9.04. The molecule has 7 heteroatoms. The Hall–Kier alpha value is -2.05. The number of aryl methyl sites for hydroxylation is 1. The van der Waals surface area contributed by atoms with Gasteiger partial charge in [0.25, 0.3) is 5.22 Å². The standard InChI is InChI=1S/C17H16ClN3O2S/c1-3-14(16(22)20-11-7-6-10(2)12(18)9-11)24-17-21-15-13(23-17)5-4-8-19-15/h4-9,14H,3H2,1-2H3,(H,20,22)/t14-/m0/s1. The zero-order valence-corrected chi connectivity index (χ0v) is 14.8. The highest BCUT2D eigenvalue weighted by Gasteiger charge is 2.21. The van der Waals surface area contributed by atoms with Gasteiger partial charge in [0.15, 0.2) is 11.2 Å². The first-order chi connectivity index (χ1) is 11.6. The van der Waals surface area contributed by atoms with Crippen LogP contribution in [0.4, 0.5) is 5.69 Å². The van der Waals surface area contributed by atoms with Gasteiger partial charge in [-0.15, -0.1) is 0 Å². The number of halogens is 1. The van der Waals surface area contributed by atoms with E-state index in [4.69, 9.17) is 16.0 Å². The number of hydrogen-bond acceptors (Lipinski definition) is 5. The van der Waals surface area contributed by atoms with E-state index < -0.39 is 0 Å². The second-order valence-corrected chi connectivity index (χ2v) is 6.83. The summed E-state index contributed by atoms with van der Waals surface area (Å²) in [7, 11) is 0. The van der Waals surface area contributed by atoms with Crippen LogP contribution in [0.2, 0.25) is 5.02 Å². The van der Waals surface area contributed by atoms with E-state index in [9.17, 15) is 4.79 Å². The zero-order valence-electron chi connectivity index (χ0n) is 13.2. The molecule has 2 heterocycles. The number of carbonyl (C=O) groups excluding carboxylic acids is 1. The van der Waals surface area contributed by atoms with Crippen molar-refractivity contribution in [1.82, 2.24) is 9.97 Å². The van der Waals surface area contributed by atoms with Gasteiger partial charge in [0, 0.05) is 16.9 Å². The van der Waals surface area contributed by atoms with E-state index in [0.717, 1.165) is 5.56 Å². The second-order valence-electron chi connectivity index (χ2n) is 5.27. The van der Waals surface area contributed by atoms with Crippen molar-refractivity contribution >= 4 is 46.2 Å². The van der Waals surface area contributed by atoms with Crippen molar-refractivity contribution in [1.29, 1.82) is 0 Å². The maximum atomic E-state index is 12.5. The molecular formula is C17H16ClN3O2S. The normalized spacial score (nSPS) is 12.3. The highest BCUT2D eigenvalue weighted by atomic mass is 35.5. The summed E-state index contributed by atoms with van der Waals surface area (Å²) >= 11 is 7.38. The second kappa shape index (κ2) is 7.23. The molecule has 0 fully saturated rings. The third kappa shape index (κ3) is 3.71. The highest BCUT2D eigenvalue weighted by molar-refractivity contribution is 8.00. The molecule has 124 valence electrons. The van der Waals surface area contributed by atoms with Crippen LogP contribution in [0.15, 0.2) is 46.2 Å². The van der Waals surface area contributed by atoms with Crippen LogP contribution < -0.4 is 5.32 Å². The lowest BCUT2D eigenvalue weighted by molar-refractivity contribution is -0.115. The first kappa shape index (κ1) is 16.8. The summed E-state index contributed by atoms with van der Waals surface area (Å²) < 4.78 is 5.62. The molecule has 3 aromatic rings. The third-order valence-electron chi connectivity index (χ3n) is 3.49. The number of hydrogen-bond donors (Lipinski definition) is 1. The summed E-state index contributed by atoms with van der Waals surface area (Å²) in [5.74, 6) is -0.113. The summed E-state index contributed by atoms with van der Waals surface area (Å²) in [5.41, 5.74) is 2.80. The molecule has 0 bridgehead atoms. The average Bonchev–Trinajstić information content (AvgIpc) is 2.98. The molecular weight excluding hydrogens is 346 g/mol. The molecule has 1 aromatic carbocycles. The topological polar surface area (TPSA) is 68.0 Å². The Labute approximate surface area is 148 Å². The number of thioether (sulfide) groups is 1. The Kier molecular flexibility index (Phi) is 5.06. The van der Waals surface area contributed by atoms with Crippen LogP contribution in [-0.4, -0.2) is 21.1 Å². The van der Waals surface area contributed by atoms with Gasteiger partial charge in [-0.3, -0.25) is 4.79 Å². The van der Waals surface area contributed by atoms with Crippen molar-refractivity contribution in [2.45, 2.75) is 30.7 Å². The number of amides is 1. The van der Waals surface area contributed by atoms with E-state index in [2.05, 4.69) is 15.3 Å². The molecule has 0 aliphatic heterocycles. The molecule has 0 spiro atoms. The Balaban J connectivity index is 1.72. The number of rotatable bonds is 5. The molecule has 0 unspecified atom stereocenters. The van der Waals surface area contributed by atoms with Crippen LogP contribution in [0.3, 0.4) is 0 Å². The monoisotopic (exact) mass is 361 g/mol. The molecule has 0 radical (unpaired) electrons. The van der Waals surface area contributed by atoms with Crippen LogP contribution in [0.1, 0.15) is 18.9 Å². The lowest BCUT2D eigenvalue weighted by Crippen LogP contribution is -2.24. The first-order valence-corrected chi connectivity index (χ1v) is 8.78. The van der Waals surface area contributed by atoms with Crippen LogP contribution >= 0.6 is 23.4 Å². The summed E-state index contributed by atoms with van der Waals surface area (Å²) in [6.07, 6.45) is 2.30. The number of anilines is 1. The number of benzene rings is 1. The Bertz CT molecular complexity index is 848. The van der Waals surface area contributed by atoms with Crippen molar-refractivity contribution in [2.24, 2.45) is 0 Å². The van der Waals surface area contributed by atoms with Crippen molar-refractivity contribution < 1.29 is 9.21 Å². The number of fused-ring (bicyclic) bond motifs is 1. The van der Waals surface area contributed by atoms with Crippen LogP contribution in [0, 0.1) is 6.92 Å². The summed E-state index contributed by atoms with van der Waals surface area (Å²) in [5, 5.41) is 3.63. The highest BCUT2D eigenvalue weighted by Crippen LogP contribution is 2.29. The van der Waals surface area contributed by atoms with E-state index in [1.165, 1.54) is 11.8 Å². The maximum absolute atomic E-state index is 12.5. The fourth-order valence-corrected chi connectivity index (χ4v) is 3.17. The van der Waals surface area contributed by atoms with Gasteiger partial charge in [-0.25, -0.2) is 4.98 Å². The third-order valence-corrected chi connectivity index (χ3v) is 5.11. The van der Waals surface area contributed by atoms with Crippen LogP contribution in [0.5, 0.6) is 0 Å². The summed E-state index contributed by atoms with van der Waals surface area (Å²) in [6.45, 7) is 3.86. The summed E-state index contributed by atoms with van der Waals surface area (Å²) in [4.78, 5) is 20.9. The minimum atomic E-state index is -0.321. The molecule has 1 atom stereocenters. The Morgan fingerprint density at radius 1 is 1.42 bits per heavy atom. The smallest absolute Gasteiger partial charge is 0.259 e. The molecule has 24 heavy (non-hydrogen) atoms. The molecule has 5 nitrogen and oxygen atoms in total. The lowest BCUT2D eigenvalue weighted by Gasteiger charge is -2.13. The molecule has 0 aliphatic carbocycles. The average molecular weight is 362 g/mol. The van der Waals surface area contributed by atoms with Crippen molar-refractivity contribution in [3.63, 3.8) is 0 Å². The number of nitrogens with zero attached hydrogens (tertiary/aromatic N) is 2. The minimum Gasteiger partial charge on any atom is -0.430 e. The van der Waals surface area contributed by atoms with Gasteiger partial charge < -0.3 is 9.73 Å². The molecule has 2 aromatic heterocycles. The number of carbonyl (C=O) groups is 1. The largest absolute Gasteiger partial charge is 0.430 e. The SMILES string of the molecule is CC[C@H](Sc1nc2ncccc2o1)C(=O)Nc1ccc(C)c(Cl)c1. The Morgan fingerprint density at radius 3 is 2.96 bits per heavy atom. The van der Waals surface area contributed by atoms with Gasteiger partial charge >= 0.3 is 0 Å². The van der Waals surface area contributed by atoms with Crippen LogP contribution in [0.25, 0.3) is 11.2 Å². The van der Waals surface area contributed by atoms with E-state index in [1.54, 1.807) is 24.4 Å². The van der Waals surface area contributed by atoms with Gasteiger partial charge in [-0.1, -0.05) is 36.4 Å². The molecule has 0 aliphatic rings. The Morgan fingerprint density at radius 2 is 2.25 bits per heavy atom. The van der Waals surface area contributed by atoms with E-state index in [1.807, 2.05) is 26.0 Å². The quantitative estimate of drug-likeness (QED) is 0.667. The van der Waals surface area contributed by atoms with Gasteiger partial charge in [0.2, 0.25) is 5.91 Å². The predicted molar refractivity (Wildman–Crippen MR) is 96.6 cm³/mol. The lowest BCUT2D eigenvalue weighted by atomic mass is 10.2. The van der Waals surface area contributed by atoms with Gasteiger partial charge in [0.05, 0.1) is 5.25 Å². The molecule has 1 amide bonds. The fourth-order valence-electron chi connectivity index (χ4n) is 2.14. The van der Waals surface area contributed by atoms with Gasteiger partial charge in [-0.05, 0) is 43.2 Å². The van der Waals surface area contributed by atoms with Crippen molar-refractivity contribution in [3.8, 4) is 0 Å². The van der Waals surface area contributed by atoms with E-state index >= 15 is 0 Å². The number of oxazole rings is 1. The van der Waals surface area contributed by atoms with E-state index in [0.29, 0.717) is 33.6 Å². The molecule has 1 N–H and O–H groups in total. The maximum Gasteiger partial charge on any atom is 0.259 e. The zero-order chi connectivity index (χ0) is 17.1. The van der Waals surface area contributed by atoms with Crippen molar-refractivity contribution in [2.75, 3.05) is 5.32 Å². The van der Waals surface area contributed by atoms with Gasteiger partial charge in [0.1, 0.15) is 0 Å². The number of nitrogens with one attached hydrogen (secondary N) is 1. The number of pyridine rings is 1. The molecule has 3 rings (SSSR count). The van der Waals surface area contributed by atoms with E-state index in [-0.39, 0.29) is 11.2 Å². The number of aromatic nitrogens is 2. The van der Waals surface area contributed by atoms with Gasteiger partial charge in [-0.2, -0.15) is 4.98 Å². The molecule has 0 saturated heterocycles. The van der Waals surface area contributed by atoms with Crippen LogP contribution in [-0.2, 0) is 4.79 Å². The first-order valence-electron chi connectivity index (χ1n) is 7.52. The molecule has 0 saturated carbocycles.